The molecule has 0 saturated carbocycles. The second-order valence-corrected chi connectivity index (χ2v) is 7.05. The van der Waals surface area contributed by atoms with E-state index in [2.05, 4.69) is 46.4 Å². The Morgan fingerprint density at radius 1 is 1.20 bits per heavy atom. The van der Waals surface area contributed by atoms with E-state index in [-0.39, 0.29) is 17.9 Å². The molecule has 2 heterocycles. The minimum absolute atomic E-state index is 0.00145. The van der Waals surface area contributed by atoms with Crippen molar-refractivity contribution in [2.24, 2.45) is 0 Å². The lowest BCUT2D eigenvalue weighted by molar-refractivity contribution is -0.136. The van der Waals surface area contributed by atoms with E-state index in [0.29, 0.717) is 12.8 Å². The van der Waals surface area contributed by atoms with Gasteiger partial charge in [0.15, 0.2) is 0 Å². The van der Waals surface area contributed by atoms with Gasteiger partial charge in [0, 0.05) is 52.2 Å². The van der Waals surface area contributed by atoms with Crippen molar-refractivity contribution in [1.29, 1.82) is 0 Å². The number of hydrogen-bond acceptors (Lipinski definition) is 4. The average Bonchev–Trinajstić information content (AvgIpc) is 3.07. The summed E-state index contributed by atoms with van der Waals surface area (Å²) >= 11 is 0. The topological polar surface area (TPSA) is 55.9 Å². The molecule has 2 aliphatic rings. The molecule has 0 aromatic heterocycles. The Morgan fingerprint density at radius 2 is 1.92 bits per heavy atom. The third kappa shape index (κ3) is 5.03. The molecular formula is C19H28N4O2. The number of piperazine rings is 1. The summed E-state index contributed by atoms with van der Waals surface area (Å²) in [6.45, 7) is 6.33. The standard InChI is InChI=1S/C19H28N4O2/c1-21(15-16-5-3-2-4-6-16)9-10-22-11-13-23(14-12-22)19(25)17-7-8-18(24)20-17/h2-6,17H,7-15H2,1H3,(H,20,24)/t17-/m0/s1. The van der Waals surface area contributed by atoms with Gasteiger partial charge in [-0.3, -0.25) is 14.5 Å². The van der Waals surface area contributed by atoms with E-state index in [9.17, 15) is 9.59 Å². The van der Waals surface area contributed by atoms with Gasteiger partial charge in [0.05, 0.1) is 0 Å². The van der Waals surface area contributed by atoms with E-state index in [1.54, 1.807) is 0 Å². The lowest BCUT2D eigenvalue weighted by Gasteiger charge is -2.36. The predicted molar refractivity (Wildman–Crippen MR) is 97.0 cm³/mol. The third-order valence-corrected chi connectivity index (χ3v) is 5.07. The Morgan fingerprint density at radius 3 is 2.56 bits per heavy atom. The number of carbonyl (C=O) groups is 2. The van der Waals surface area contributed by atoms with Crippen molar-refractivity contribution < 1.29 is 9.59 Å². The van der Waals surface area contributed by atoms with E-state index in [4.69, 9.17) is 0 Å². The fourth-order valence-electron chi connectivity index (χ4n) is 3.50. The molecule has 2 fully saturated rings. The quantitative estimate of drug-likeness (QED) is 0.818. The van der Waals surface area contributed by atoms with Gasteiger partial charge in [0.1, 0.15) is 6.04 Å². The normalized spacial score (nSPS) is 21.6. The summed E-state index contributed by atoms with van der Waals surface area (Å²) in [7, 11) is 2.15. The summed E-state index contributed by atoms with van der Waals surface area (Å²) in [5, 5.41) is 2.77. The molecule has 1 aromatic carbocycles. The van der Waals surface area contributed by atoms with Gasteiger partial charge in [0.25, 0.3) is 0 Å². The first-order chi connectivity index (χ1) is 12.1. The Balaban J connectivity index is 1.36. The Hall–Kier alpha value is -1.92. The number of amides is 2. The molecule has 3 rings (SSSR count). The Bertz CT molecular complexity index is 584. The molecule has 0 spiro atoms. The summed E-state index contributed by atoms with van der Waals surface area (Å²) in [5.41, 5.74) is 1.33. The Kier molecular flexibility index (Phi) is 6.04. The van der Waals surface area contributed by atoms with Crippen molar-refractivity contribution in [3.05, 3.63) is 35.9 Å². The molecule has 0 unspecified atom stereocenters. The highest BCUT2D eigenvalue weighted by atomic mass is 16.2. The SMILES string of the molecule is CN(CCN1CCN(C(=O)[C@@H]2CCC(=O)N2)CC1)Cc1ccccc1. The van der Waals surface area contributed by atoms with Crippen LogP contribution < -0.4 is 5.32 Å². The fraction of sp³-hybridized carbons (Fsp3) is 0.579. The second kappa shape index (κ2) is 8.45. The highest BCUT2D eigenvalue weighted by Crippen LogP contribution is 2.12. The molecular weight excluding hydrogens is 316 g/mol. The maximum absolute atomic E-state index is 12.4. The number of likely N-dealkylation sites (N-methyl/N-ethyl adjacent to an activating group) is 1. The lowest BCUT2D eigenvalue weighted by Crippen LogP contribution is -2.54. The van der Waals surface area contributed by atoms with Gasteiger partial charge in [-0.1, -0.05) is 30.3 Å². The number of carbonyl (C=O) groups excluding carboxylic acids is 2. The number of benzene rings is 1. The summed E-state index contributed by atoms with van der Waals surface area (Å²) in [6.07, 6.45) is 1.12. The van der Waals surface area contributed by atoms with Crippen molar-refractivity contribution in [1.82, 2.24) is 20.0 Å². The number of nitrogens with zero attached hydrogens (tertiary/aromatic N) is 3. The molecule has 136 valence electrons. The lowest BCUT2D eigenvalue weighted by atomic mass is 10.2. The number of hydrogen-bond donors (Lipinski definition) is 1. The first-order valence-corrected chi connectivity index (χ1v) is 9.15. The Labute approximate surface area is 149 Å². The van der Waals surface area contributed by atoms with Crippen molar-refractivity contribution in [2.75, 3.05) is 46.3 Å². The molecule has 0 aliphatic carbocycles. The second-order valence-electron chi connectivity index (χ2n) is 7.05. The zero-order valence-electron chi connectivity index (χ0n) is 15.0. The zero-order chi connectivity index (χ0) is 17.6. The largest absolute Gasteiger partial charge is 0.344 e. The van der Waals surface area contributed by atoms with Gasteiger partial charge in [0.2, 0.25) is 11.8 Å². The van der Waals surface area contributed by atoms with Crippen LogP contribution in [0.2, 0.25) is 0 Å². The van der Waals surface area contributed by atoms with Crippen LogP contribution in [0.3, 0.4) is 0 Å². The van der Waals surface area contributed by atoms with Gasteiger partial charge in [-0.2, -0.15) is 0 Å². The van der Waals surface area contributed by atoms with E-state index in [1.165, 1.54) is 5.56 Å². The van der Waals surface area contributed by atoms with E-state index in [1.807, 2.05) is 11.0 Å². The van der Waals surface area contributed by atoms with Gasteiger partial charge in [-0.25, -0.2) is 0 Å². The highest BCUT2D eigenvalue weighted by molar-refractivity contribution is 5.90. The van der Waals surface area contributed by atoms with Crippen molar-refractivity contribution >= 4 is 11.8 Å². The van der Waals surface area contributed by atoms with E-state index < -0.39 is 0 Å². The van der Waals surface area contributed by atoms with Gasteiger partial charge < -0.3 is 15.1 Å². The van der Waals surface area contributed by atoms with E-state index in [0.717, 1.165) is 45.8 Å². The van der Waals surface area contributed by atoms with Gasteiger partial charge in [-0.15, -0.1) is 0 Å². The third-order valence-electron chi connectivity index (χ3n) is 5.07. The molecule has 2 saturated heterocycles. The minimum Gasteiger partial charge on any atom is -0.344 e. The molecule has 0 bridgehead atoms. The summed E-state index contributed by atoms with van der Waals surface area (Å²) in [5.74, 6) is 0.0881. The van der Waals surface area contributed by atoms with Gasteiger partial charge >= 0.3 is 0 Å². The van der Waals surface area contributed by atoms with Crippen molar-refractivity contribution in [2.45, 2.75) is 25.4 Å². The number of nitrogens with one attached hydrogen (secondary N) is 1. The molecule has 2 aliphatic heterocycles. The van der Waals surface area contributed by atoms with Crippen LogP contribution in [0.5, 0.6) is 0 Å². The summed E-state index contributed by atoms with van der Waals surface area (Å²) in [6, 6.07) is 10.2. The monoisotopic (exact) mass is 344 g/mol. The maximum Gasteiger partial charge on any atom is 0.245 e. The van der Waals surface area contributed by atoms with Gasteiger partial charge in [-0.05, 0) is 19.0 Å². The van der Waals surface area contributed by atoms with Crippen molar-refractivity contribution in [3.8, 4) is 0 Å². The molecule has 1 N–H and O–H groups in total. The van der Waals surface area contributed by atoms with Crippen LogP contribution in [0.1, 0.15) is 18.4 Å². The summed E-state index contributed by atoms with van der Waals surface area (Å²) < 4.78 is 0. The average molecular weight is 344 g/mol. The van der Waals surface area contributed by atoms with Crippen LogP contribution in [0.25, 0.3) is 0 Å². The molecule has 25 heavy (non-hydrogen) atoms. The van der Waals surface area contributed by atoms with Crippen molar-refractivity contribution in [3.63, 3.8) is 0 Å². The smallest absolute Gasteiger partial charge is 0.245 e. The van der Waals surface area contributed by atoms with Crippen LogP contribution in [0.4, 0.5) is 0 Å². The maximum atomic E-state index is 12.4. The molecule has 1 aromatic rings. The molecule has 1 atom stereocenters. The molecule has 0 radical (unpaired) electrons. The zero-order valence-corrected chi connectivity index (χ0v) is 15.0. The fourth-order valence-corrected chi connectivity index (χ4v) is 3.50. The minimum atomic E-state index is -0.295. The van der Waals surface area contributed by atoms with E-state index >= 15 is 0 Å². The first kappa shape index (κ1) is 17.9. The first-order valence-electron chi connectivity index (χ1n) is 9.15. The molecule has 6 nitrogen and oxygen atoms in total. The van der Waals surface area contributed by atoms with Crippen LogP contribution in [0, 0.1) is 0 Å². The number of rotatable bonds is 6. The van der Waals surface area contributed by atoms with Crippen LogP contribution >= 0.6 is 0 Å². The molecule has 2 amide bonds. The van der Waals surface area contributed by atoms with Crippen LogP contribution in [-0.2, 0) is 16.1 Å². The van der Waals surface area contributed by atoms with Crippen LogP contribution in [0.15, 0.2) is 30.3 Å². The molecule has 6 heteroatoms. The predicted octanol–water partition coefficient (Wildman–Crippen LogP) is 0.541. The highest BCUT2D eigenvalue weighted by Gasteiger charge is 2.32. The summed E-state index contributed by atoms with van der Waals surface area (Å²) in [4.78, 5) is 30.3. The van der Waals surface area contributed by atoms with Crippen LogP contribution in [-0.4, -0.2) is 78.9 Å².